The van der Waals surface area contributed by atoms with Crippen molar-refractivity contribution >= 4 is 6.09 Å². The Morgan fingerprint density at radius 2 is 1.95 bits per heavy atom. The predicted molar refractivity (Wildman–Crippen MR) is 88.6 cm³/mol. The van der Waals surface area contributed by atoms with Crippen LogP contribution < -0.4 is 5.32 Å². The highest BCUT2D eigenvalue weighted by atomic mass is 16.6. The van der Waals surface area contributed by atoms with E-state index >= 15 is 0 Å². The fourth-order valence-electron chi connectivity index (χ4n) is 1.83. The molecule has 0 heterocycles. The van der Waals surface area contributed by atoms with Gasteiger partial charge in [0.1, 0.15) is 5.60 Å². The maximum Gasteiger partial charge on any atom is 0.407 e. The first kappa shape index (κ1) is 18.2. The molecule has 0 unspecified atom stereocenters. The third-order valence-electron chi connectivity index (χ3n) is 3.12. The molecule has 1 aromatic rings. The first-order chi connectivity index (χ1) is 10.3. The van der Waals surface area contributed by atoms with Gasteiger partial charge in [0.25, 0.3) is 0 Å². The zero-order valence-electron chi connectivity index (χ0n) is 14.0. The Hall–Kier alpha value is -1.81. The predicted octanol–water partition coefficient (Wildman–Crippen LogP) is 3.92. The smallest absolute Gasteiger partial charge is 0.407 e. The molecule has 1 rings (SSSR count). The van der Waals surface area contributed by atoms with Crippen molar-refractivity contribution in [3.8, 4) is 0 Å². The van der Waals surface area contributed by atoms with Crippen molar-refractivity contribution in [2.24, 2.45) is 5.92 Å². The molecule has 0 aromatic heterocycles. The van der Waals surface area contributed by atoms with Gasteiger partial charge in [-0.15, -0.1) is 6.58 Å². The Morgan fingerprint density at radius 1 is 1.32 bits per heavy atom. The summed E-state index contributed by atoms with van der Waals surface area (Å²) in [4.78, 5) is 11.9. The Bertz CT molecular complexity index is 465. The van der Waals surface area contributed by atoms with Crippen LogP contribution in [0.4, 0.5) is 4.79 Å². The Kier molecular flexibility index (Phi) is 7.12. The molecule has 0 fully saturated rings. The number of nitrogens with one attached hydrogen (secondary N) is 1. The van der Waals surface area contributed by atoms with E-state index in [1.54, 1.807) is 6.08 Å². The van der Waals surface area contributed by atoms with Gasteiger partial charge in [0.15, 0.2) is 0 Å². The van der Waals surface area contributed by atoms with Crippen LogP contribution in [0, 0.1) is 5.92 Å². The van der Waals surface area contributed by atoms with Gasteiger partial charge in [-0.25, -0.2) is 4.79 Å². The Morgan fingerprint density at radius 3 is 2.50 bits per heavy atom. The van der Waals surface area contributed by atoms with Crippen molar-refractivity contribution in [3.63, 3.8) is 0 Å². The van der Waals surface area contributed by atoms with Gasteiger partial charge in [-0.2, -0.15) is 0 Å². The normalized spacial score (nSPS) is 14.0. The lowest BCUT2D eigenvalue weighted by Crippen LogP contribution is -2.44. The van der Waals surface area contributed by atoms with Gasteiger partial charge in [0.2, 0.25) is 0 Å². The SMILES string of the molecule is C=C[C@H](C)[C@H](COCc1ccccc1)NC(=O)OC(C)(C)C. The molecule has 122 valence electrons. The topological polar surface area (TPSA) is 47.6 Å². The zero-order valence-corrected chi connectivity index (χ0v) is 14.0. The lowest BCUT2D eigenvalue weighted by molar-refractivity contribution is 0.0400. The van der Waals surface area contributed by atoms with Crippen LogP contribution in [0.25, 0.3) is 0 Å². The van der Waals surface area contributed by atoms with Crippen LogP contribution in [0.5, 0.6) is 0 Å². The molecule has 0 spiro atoms. The van der Waals surface area contributed by atoms with E-state index in [0.717, 1.165) is 5.56 Å². The van der Waals surface area contributed by atoms with Gasteiger partial charge in [0, 0.05) is 0 Å². The Labute approximate surface area is 133 Å². The highest BCUT2D eigenvalue weighted by Gasteiger charge is 2.22. The van der Waals surface area contributed by atoms with E-state index < -0.39 is 11.7 Å². The quantitative estimate of drug-likeness (QED) is 0.777. The molecule has 4 heteroatoms. The number of benzene rings is 1. The molecule has 0 bridgehead atoms. The lowest BCUT2D eigenvalue weighted by atomic mass is 10.0. The molecule has 0 saturated carbocycles. The molecule has 22 heavy (non-hydrogen) atoms. The van der Waals surface area contributed by atoms with Gasteiger partial charge in [-0.1, -0.05) is 43.3 Å². The first-order valence-electron chi connectivity index (χ1n) is 7.55. The summed E-state index contributed by atoms with van der Waals surface area (Å²) < 4.78 is 11.0. The van der Waals surface area contributed by atoms with Crippen LogP contribution in [0.2, 0.25) is 0 Å². The molecule has 0 radical (unpaired) electrons. The summed E-state index contributed by atoms with van der Waals surface area (Å²) in [5.74, 6) is 0.0864. The summed E-state index contributed by atoms with van der Waals surface area (Å²) in [6, 6.07) is 9.76. The van der Waals surface area contributed by atoms with E-state index in [-0.39, 0.29) is 12.0 Å². The second-order valence-electron chi connectivity index (χ2n) is 6.35. The number of hydrogen-bond acceptors (Lipinski definition) is 3. The molecule has 0 aliphatic heterocycles. The van der Waals surface area contributed by atoms with Crippen LogP contribution in [-0.4, -0.2) is 24.3 Å². The molecular formula is C18H27NO3. The largest absolute Gasteiger partial charge is 0.444 e. The molecule has 1 amide bonds. The average Bonchev–Trinajstić information content (AvgIpc) is 2.44. The van der Waals surface area contributed by atoms with Crippen molar-refractivity contribution in [2.45, 2.75) is 45.9 Å². The maximum absolute atomic E-state index is 11.9. The number of ether oxygens (including phenoxy) is 2. The standard InChI is InChI=1S/C18H27NO3/c1-6-14(2)16(19-17(20)22-18(3,4)5)13-21-12-15-10-8-7-9-11-15/h6-11,14,16H,1,12-13H2,2-5H3,(H,19,20)/t14-,16-/m0/s1. The molecule has 0 saturated heterocycles. The van der Waals surface area contributed by atoms with Gasteiger partial charge in [-0.3, -0.25) is 0 Å². The van der Waals surface area contributed by atoms with Crippen molar-refractivity contribution in [1.82, 2.24) is 5.32 Å². The minimum absolute atomic E-state index is 0.0864. The highest BCUT2D eigenvalue weighted by Crippen LogP contribution is 2.10. The fraction of sp³-hybridized carbons (Fsp3) is 0.500. The minimum Gasteiger partial charge on any atom is -0.444 e. The van der Waals surface area contributed by atoms with Crippen LogP contribution in [0.3, 0.4) is 0 Å². The maximum atomic E-state index is 11.9. The summed E-state index contributed by atoms with van der Waals surface area (Å²) >= 11 is 0. The van der Waals surface area contributed by atoms with E-state index in [1.807, 2.05) is 58.0 Å². The van der Waals surface area contributed by atoms with E-state index in [1.165, 1.54) is 0 Å². The molecule has 0 aliphatic carbocycles. The number of rotatable bonds is 7. The van der Waals surface area contributed by atoms with Crippen molar-refractivity contribution < 1.29 is 14.3 Å². The first-order valence-corrected chi connectivity index (χ1v) is 7.55. The summed E-state index contributed by atoms with van der Waals surface area (Å²) in [5.41, 5.74) is 0.585. The monoisotopic (exact) mass is 305 g/mol. The lowest BCUT2D eigenvalue weighted by Gasteiger charge is -2.26. The van der Waals surface area contributed by atoms with Crippen LogP contribution in [0.1, 0.15) is 33.3 Å². The van der Waals surface area contributed by atoms with Crippen LogP contribution in [-0.2, 0) is 16.1 Å². The number of hydrogen-bond donors (Lipinski definition) is 1. The second kappa shape index (κ2) is 8.59. The fourth-order valence-corrected chi connectivity index (χ4v) is 1.83. The van der Waals surface area contributed by atoms with Gasteiger partial charge in [0.05, 0.1) is 19.3 Å². The molecular weight excluding hydrogens is 278 g/mol. The van der Waals surface area contributed by atoms with Crippen LogP contribution in [0.15, 0.2) is 43.0 Å². The van der Waals surface area contributed by atoms with Crippen molar-refractivity contribution in [1.29, 1.82) is 0 Å². The van der Waals surface area contributed by atoms with Gasteiger partial charge >= 0.3 is 6.09 Å². The molecule has 2 atom stereocenters. The van der Waals surface area contributed by atoms with E-state index in [9.17, 15) is 4.79 Å². The summed E-state index contributed by atoms with van der Waals surface area (Å²) in [5, 5.41) is 2.85. The molecule has 4 nitrogen and oxygen atoms in total. The van der Waals surface area contributed by atoms with Crippen molar-refractivity contribution in [3.05, 3.63) is 48.6 Å². The summed E-state index contributed by atoms with van der Waals surface area (Å²) in [7, 11) is 0. The number of alkyl carbamates (subject to hydrolysis) is 1. The minimum atomic E-state index is -0.517. The average molecular weight is 305 g/mol. The summed E-state index contributed by atoms with van der Waals surface area (Å²) in [6.45, 7) is 12.2. The van der Waals surface area contributed by atoms with Gasteiger partial charge in [-0.05, 0) is 32.3 Å². The van der Waals surface area contributed by atoms with E-state index in [4.69, 9.17) is 9.47 Å². The molecule has 1 N–H and O–H groups in total. The van der Waals surface area contributed by atoms with Crippen molar-refractivity contribution in [2.75, 3.05) is 6.61 Å². The van der Waals surface area contributed by atoms with Crippen LogP contribution >= 0.6 is 0 Å². The number of carbonyl (C=O) groups excluding carboxylic acids is 1. The third kappa shape index (κ3) is 7.27. The third-order valence-corrected chi connectivity index (χ3v) is 3.12. The Balaban J connectivity index is 2.50. The highest BCUT2D eigenvalue weighted by molar-refractivity contribution is 5.68. The number of carbonyl (C=O) groups is 1. The molecule has 1 aromatic carbocycles. The number of amides is 1. The second-order valence-corrected chi connectivity index (χ2v) is 6.35. The summed E-state index contributed by atoms with van der Waals surface area (Å²) in [6.07, 6.45) is 1.36. The zero-order chi connectivity index (χ0) is 16.6. The van der Waals surface area contributed by atoms with E-state index in [0.29, 0.717) is 13.2 Å². The molecule has 0 aliphatic rings. The van der Waals surface area contributed by atoms with Gasteiger partial charge < -0.3 is 14.8 Å². The van der Waals surface area contributed by atoms with E-state index in [2.05, 4.69) is 11.9 Å².